The first-order chi connectivity index (χ1) is 14.6. The number of carbonyl (C=O) groups excluding carboxylic acids is 2. The number of benzene rings is 1. The van der Waals surface area contributed by atoms with Crippen LogP contribution in [-0.2, 0) is 4.79 Å². The molecule has 2 aliphatic heterocycles. The molecule has 0 saturated carbocycles. The summed E-state index contributed by atoms with van der Waals surface area (Å²) in [7, 11) is 0. The average molecular weight is 430 g/mol. The molecule has 160 valence electrons. The fraction of sp³-hybridized carbons (Fsp3) is 0.450. The minimum Gasteiger partial charge on any atom is -0.369 e. The summed E-state index contributed by atoms with van der Waals surface area (Å²) in [6, 6.07) is 7.79. The highest BCUT2D eigenvalue weighted by atomic mass is 32.1. The quantitative estimate of drug-likeness (QED) is 0.611. The first kappa shape index (κ1) is 20.6. The van der Waals surface area contributed by atoms with E-state index >= 15 is 0 Å². The Morgan fingerprint density at radius 2 is 1.80 bits per heavy atom. The minimum absolute atomic E-state index is 0.201. The highest BCUT2D eigenvalue weighted by molar-refractivity contribution is 7.14. The van der Waals surface area contributed by atoms with Crippen molar-refractivity contribution in [3.63, 3.8) is 0 Å². The maximum Gasteiger partial charge on any atom is 0.275 e. The normalized spacial score (nSPS) is 17.7. The zero-order chi connectivity index (χ0) is 20.9. The van der Waals surface area contributed by atoms with Gasteiger partial charge in [0.2, 0.25) is 5.91 Å². The highest BCUT2D eigenvalue weighted by Crippen LogP contribution is 2.28. The Hall–Kier alpha value is -2.69. The number of carbonyl (C=O) groups is 2. The van der Waals surface area contributed by atoms with E-state index in [0.29, 0.717) is 5.69 Å². The molecule has 0 bridgehead atoms. The summed E-state index contributed by atoms with van der Waals surface area (Å²) in [4.78, 5) is 35.0. The molecule has 2 saturated heterocycles. The molecule has 9 nitrogen and oxygen atoms in total. The van der Waals surface area contributed by atoms with Crippen molar-refractivity contribution in [2.45, 2.75) is 0 Å². The largest absolute Gasteiger partial charge is 0.369 e. The lowest BCUT2D eigenvalue weighted by atomic mass is 10.2. The molecule has 0 radical (unpaired) electrons. The number of primary amides is 1. The van der Waals surface area contributed by atoms with Crippen LogP contribution in [0.25, 0.3) is 0 Å². The third kappa shape index (κ3) is 4.89. The lowest BCUT2D eigenvalue weighted by Crippen LogP contribution is -2.49. The smallest absolute Gasteiger partial charge is 0.275 e. The summed E-state index contributed by atoms with van der Waals surface area (Å²) in [5.74, 6) is -0.507. The lowest BCUT2D eigenvalue weighted by molar-refractivity contribution is -0.119. The summed E-state index contributed by atoms with van der Waals surface area (Å²) in [5, 5.41) is 9.06. The summed E-state index contributed by atoms with van der Waals surface area (Å²) >= 11 is 1.50. The van der Waals surface area contributed by atoms with Crippen LogP contribution in [0, 0.1) is 0 Å². The fourth-order valence-corrected chi connectivity index (χ4v) is 4.64. The maximum atomic E-state index is 12.8. The van der Waals surface area contributed by atoms with E-state index in [2.05, 4.69) is 25.4 Å². The number of amides is 2. The third-order valence-corrected chi connectivity index (χ3v) is 6.26. The predicted molar refractivity (Wildman–Crippen MR) is 119 cm³/mol. The molecule has 10 heteroatoms. The van der Waals surface area contributed by atoms with Crippen LogP contribution in [0.15, 0.2) is 29.6 Å². The topological polar surface area (TPSA) is 107 Å². The van der Waals surface area contributed by atoms with Crippen molar-refractivity contribution in [2.75, 3.05) is 74.0 Å². The Morgan fingerprint density at radius 1 is 1.07 bits per heavy atom. The number of para-hydroxylation sites is 2. The van der Waals surface area contributed by atoms with Crippen molar-refractivity contribution in [1.82, 2.24) is 15.2 Å². The van der Waals surface area contributed by atoms with Crippen molar-refractivity contribution in [3.8, 4) is 0 Å². The number of thiazole rings is 1. The number of rotatable bonds is 6. The number of anilines is 3. The maximum absolute atomic E-state index is 12.8. The zero-order valence-electron chi connectivity index (χ0n) is 16.8. The van der Waals surface area contributed by atoms with E-state index in [1.165, 1.54) is 11.3 Å². The molecule has 1 aromatic heterocycles. The molecular formula is C20H27N7O2S. The summed E-state index contributed by atoms with van der Waals surface area (Å²) in [6.45, 7) is 7.00. The van der Waals surface area contributed by atoms with Gasteiger partial charge in [0, 0.05) is 57.7 Å². The first-order valence-corrected chi connectivity index (χ1v) is 11.1. The Balaban J connectivity index is 1.41. The SMILES string of the molecule is NC(=O)CN1CCN(c2ccccc2NC(=O)c2csc(N3CCNCC3)n2)CC1. The van der Waals surface area contributed by atoms with E-state index in [1.807, 2.05) is 34.5 Å². The molecule has 2 aromatic rings. The molecule has 0 spiro atoms. The Morgan fingerprint density at radius 3 is 2.53 bits per heavy atom. The molecule has 2 aliphatic rings. The van der Waals surface area contributed by atoms with Gasteiger partial charge in [0.15, 0.2) is 5.13 Å². The Labute approximate surface area is 179 Å². The Bertz CT molecular complexity index is 889. The third-order valence-electron chi connectivity index (χ3n) is 5.36. The summed E-state index contributed by atoms with van der Waals surface area (Å²) in [6.07, 6.45) is 0. The van der Waals surface area contributed by atoms with Gasteiger partial charge in [-0.25, -0.2) is 4.98 Å². The van der Waals surface area contributed by atoms with Crippen LogP contribution in [0.3, 0.4) is 0 Å². The van der Waals surface area contributed by atoms with Crippen molar-refractivity contribution < 1.29 is 9.59 Å². The van der Waals surface area contributed by atoms with Crippen LogP contribution in [-0.4, -0.2) is 80.6 Å². The lowest BCUT2D eigenvalue weighted by Gasteiger charge is -2.36. The standard InChI is InChI=1S/C20H27N7O2S/c21-18(28)13-25-9-11-26(12-10-25)17-4-2-1-3-15(17)23-19(29)16-14-30-20(24-16)27-7-5-22-6-8-27/h1-4,14,22H,5-13H2,(H2,21,28)(H,23,29). The van der Waals surface area contributed by atoms with E-state index in [0.717, 1.165) is 68.9 Å². The zero-order valence-corrected chi connectivity index (χ0v) is 17.7. The molecule has 30 heavy (non-hydrogen) atoms. The van der Waals surface area contributed by atoms with Gasteiger partial charge in [-0.15, -0.1) is 11.3 Å². The van der Waals surface area contributed by atoms with Crippen LogP contribution in [0.1, 0.15) is 10.5 Å². The van der Waals surface area contributed by atoms with E-state index < -0.39 is 0 Å². The second-order valence-corrected chi connectivity index (χ2v) is 8.29. The van der Waals surface area contributed by atoms with Crippen molar-refractivity contribution in [3.05, 3.63) is 35.3 Å². The van der Waals surface area contributed by atoms with Crippen LogP contribution < -0.4 is 26.2 Å². The second kappa shape index (κ2) is 9.41. The molecule has 2 amide bonds. The fourth-order valence-electron chi connectivity index (χ4n) is 3.78. The predicted octanol–water partition coefficient (Wildman–Crippen LogP) is 0.412. The monoisotopic (exact) mass is 429 g/mol. The van der Waals surface area contributed by atoms with Gasteiger partial charge >= 0.3 is 0 Å². The van der Waals surface area contributed by atoms with Crippen molar-refractivity contribution >= 4 is 39.7 Å². The summed E-state index contributed by atoms with van der Waals surface area (Å²) < 4.78 is 0. The van der Waals surface area contributed by atoms with E-state index in [9.17, 15) is 9.59 Å². The number of aromatic nitrogens is 1. The van der Waals surface area contributed by atoms with Gasteiger partial charge in [-0.2, -0.15) is 0 Å². The summed E-state index contributed by atoms with van der Waals surface area (Å²) in [5.41, 5.74) is 7.48. The van der Waals surface area contributed by atoms with Crippen LogP contribution in [0.5, 0.6) is 0 Å². The number of nitrogens with zero attached hydrogens (tertiary/aromatic N) is 4. The molecule has 0 atom stereocenters. The molecule has 4 N–H and O–H groups in total. The van der Waals surface area contributed by atoms with Crippen LogP contribution >= 0.6 is 11.3 Å². The highest BCUT2D eigenvalue weighted by Gasteiger charge is 2.22. The van der Waals surface area contributed by atoms with E-state index in [-0.39, 0.29) is 18.4 Å². The molecule has 1 aromatic carbocycles. The average Bonchev–Trinajstić information content (AvgIpc) is 3.26. The number of hydrogen-bond acceptors (Lipinski definition) is 8. The molecule has 4 rings (SSSR count). The van der Waals surface area contributed by atoms with Crippen LogP contribution in [0.4, 0.5) is 16.5 Å². The van der Waals surface area contributed by atoms with Crippen molar-refractivity contribution in [2.24, 2.45) is 5.73 Å². The second-order valence-electron chi connectivity index (χ2n) is 7.45. The van der Waals surface area contributed by atoms with Gasteiger partial charge in [-0.05, 0) is 12.1 Å². The van der Waals surface area contributed by atoms with Gasteiger partial charge in [-0.3, -0.25) is 14.5 Å². The number of piperazine rings is 2. The molecule has 0 aliphatic carbocycles. The molecular weight excluding hydrogens is 402 g/mol. The number of nitrogens with two attached hydrogens (primary N) is 1. The molecule has 2 fully saturated rings. The van der Waals surface area contributed by atoms with E-state index in [1.54, 1.807) is 0 Å². The van der Waals surface area contributed by atoms with Gasteiger partial charge in [-0.1, -0.05) is 12.1 Å². The van der Waals surface area contributed by atoms with Gasteiger partial charge in [0.1, 0.15) is 5.69 Å². The molecule has 3 heterocycles. The van der Waals surface area contributed by atoms with Crippen LogP contribution in [0.2, 0.25) is 0 Å². The molecule has 0 unspecified atom stereocenters. The van der Waals surface area contributed by atoms with Crippen molar-refractivity contribution in [1.29, 1.82) is 0 Å². The number of hydrogen-bond donors (Lipinski definition) is 3. The first-order valence-electron chi connectivity index (χ1n) is 10.2. The van der Waals surface area contributed by atoms with Gasteiger partial charge in [0.05, 0.1) is 17.9 Å². The number of nitrogens with one attached hydrogen (secondary N) is 2. The Kier molecular flexibility index (Phi) is 6.46. The minimum atomic E-state index is -0.306. The van der Waals surface area contributed by atoms with Gasteiger partial charge in [0.25, 0.3) is 5.91 Å². The van der Waals surface area contributed by atoms with Gasteiger partial charge < -0.3 is 26.2 Å². The van der Waals surface area contributed by atoms with E-state index in [4.69, 9.17) is 5.73 Å².